The minimum Gasteiger partial charge on any atom is -0.478 e. The highest BCUT2D eigenvalue weighted by molar-refractivity contribution is 9.10. The molecule has 0 bridgehead atoms. The molecule has 0 aliphatic carbocycles. The van der Waals surface area contributed by atoms with Gasteiger partial charge < -0.3 is 5.11 Å². The summed E-state index contributed by atoms with van der Waals surface area (Å²) >= 11 is 3.49. The van der Waals surface area contributed by atoms with Gasteiger partial charge >= 0.3 is 5.97 Å². The van der Waals surface area contributed by atoms with Crippen LogP contribution in [-0.2, 0) is 0 Å². The van der Waals surface area contributed by atoms with Crippen LogP contribution in [0, 0.1) is 0 Å². The molecule has 0 radical (unpaired) electrons. The molecule has 1 heterocycles. The summed E-state index contributed by atoms with van der Waals surface area (Å²) in [4.78, 5) is 15.3. The van der Waals surface area contributed by atoms with Crippen molar-refractivity contribution in [1.29, 1.82) is 0 Å². The molecule has 1 N–H and O–H groups in total. The number of aromatic carboxylic acids is 1. The molecule has 0 aliphatic rings. The molecule has 0 unspecified atom stereocenters. The Hall–Kier alpha value is -2.14. The Labute approximate surface area is 117 Å². The van der Waals surface area contributed by atoms with E-state index in [1.54, 1.807) is 24.5 Å². The molecule has 0 spiro atoms. The first-order valence-corrected chi connectivity index (χ1v) is 6.41. The fraction of sp³-hybridized carbons (Fsp3) is 0. The quantitative estimate of drug-likeness (QED) is 0.787. The van der Waals surface area contributed by atoms with E-state index in [0.717, 1.165) is 21.2 Å². The van der Waals surface area contributed by atoms with E-state index in [-0.39, 0.29) is 5.56 Å². The zero-order valence-electron chi connectivity index (χ0n) is 9.75. The van der Waals surface area contributed by atoms with Crippen LogP contribution in [0.4, 0.5) is 0 Å². The van der Waals surface area contributed by atoms with Crippen molar-refractivity contribution in [1.82, 2.24) is 9.55 Å². The van der Waals surface area contributed by atoms with Crippen molar-refractivity contribution < 1.29 is 9.90 Å². The average molecular weight is 317 g/mol. The van der Waals surface area contributed by atoms with Crippen molar-refractivity contribution >= 4 is 32.9 Å². The number of nitrogens with zero attached hydrogens (tertiary/aromatic N) is 2. The molecule has 94 valence electrons. The average Bonchev–Trinajstić information content (AvgIpc) is 2.82. The Kier molecular flexibility index (Phi) is 2.83. The lowest BCUT2D eigenvalue weighted by atomic mass is 10.2. The molecule has 2 aromatic carbocycles. The third-order valence-electron chi connectivity index (χ3n) is 2.91. The molecule has 3 rings (SSSR count). The van der Waals surface area contributed by atoms with Crippen LogP contribution < -0.4 is 0 Å². The molecule has 0 amide bonds. The minimum atomic E-state index is -0.943. The van der Waals surface area contributed by atoms with Crippen molar-refractivity contribution in [2.45, 2.75) is 0 Å². The van der Waals surface area contributed by atoms with Crippen LogP contribution in [0.3, 0.4) is 0 Å². The predicted molar refractivity (Wildman–Crippen MR) is 75.7 cm³/mol. The summed E-state index contributed by atoms with van der Waals surface area (Å²) in [5.74, 6) is -0.943. The third-order valence-corrected chi connectivity index (χ3v) is 3.58. The number of carbonyl (C=O) groups is 1. The number of imidazole rings is 1. The number of fused-ring (bicyclic) bond motifs is 1. The first-order chi connectivity index (χ1) is 9.16. The second kappa shape index (κ2) is 4.51. The van der Waals surface area contributed by atoms with Crippen LogP contribution in [0.15, 0.2) is 53.3 Å². The first kappa shape index (κ1) is 11.9. The van der Waals surface area contributed by atoms with E-state index in [9.17, 15) is 4.79 Å². The summed E-state index contributed by atoms with van der Waals surface area (Å²) in [5.41, 5.74) is 2.71. The number of halogens is 1. The van der Waals surface area contributed by atoms with E-state index >= 15 is 0 Å². The summed E-state index contributed by atoms with van der Waals surface area (Å²) in [6, 6.07) is 12.6. The Bertz CT molecular complexity index is 780. The van der Waals surface area contributed by atoms with Crippen LogP contribution in [0.25, 0.3) is 16.7 Å². The van der Waals surface area contributed by atoms with Gasteiger partial charge in [-0.25, -0.2) is 9.78 Å². The zero-order chi connectivity index (χ0) is 13.4. The summed E-state index contributed by atoms with van der Waals surface area (Å²) in [5, 5.41) is 9.06. The van der Waals surface area contributed by atoms with Gasteiger partial charge in [0.2, 0.25) is 0 Å². The van der Waals surface area contributed by atoms with Gasteiger partial charge in [0.25, 0.3) is 0 Å². The molecule has 1 aromatic heterocycles. The molecule has 0 saturated carbocycles. The van der Waals surface area contributed by atoms with Gasteiger partial charge in [-0.2, -0.15) is 0 Å². The second-order valence-electron chi connectivity index (χ2n) is 4.07. The number of rotatable bonds is 2. The number of benzene rings is 2. The van der Waals surface area contributed by atoms with E-state index < -0.39 is 5.97 Å². The van der Waals surface area contributed by atoms with Crippen molar-refractivity contribution in [3.05, 3.63) is 58.8 Å². The van der Waals surface area contributed by atoms with Gasteiger partial charge in [0.05, 0.1) is 22.3 Å². The van der Waals surface area contributed by atoms with Crippen LogP contribution in [0.1, 0.15) is 10.4 Å². The molecule has 3 aromatic rings. The molecule has 19 heavy (non-hydrogen) atoms. The molecule has 0 saturated heterocycles. The maximum Gasteiger partial charge on any atom is 0.335 e. The molecular formula is C14H9BrN2O2. The number of carboxylic acids is 1. The highest BCUT2D eigenvalue weighted by atomic mass is 79.9. The van der Waals surface area contributed by atoms with E-state index in [1.165, 1.54) is 0 Å². The van der Waals surface area contributed by atoms with Crippen molar-refractivity contribution in [3.8, 4) is 5.69 Å². The zero-order valence-corrected chi connectivity index (χ0v) is 11.3. The molecule has 4 nitrogen and oxygen atoms in total. The third kappa shape index (κ3) is 2.02. The lowest BCUT2D eigenvalue weighted by Crippen LogP contribution is -1.97. The highest BCUT2D eigenvalue weighted by Gasteiger charge is 2.10. The predicted octanol–water partition coefficient (Wildman–Crippen LogP) is 3.49. The molecule has 5 heteroatoms. The lowest BCUT2D eigenvalue weighted by molar-refractivity contribution is 0.0697. The summed E-state index contributed by atoms with van der Waals surface area (Å²) in [7, 11) is 0. The van der Waals surface area contributed by atoms with Gasteiger partial charge in [0.1, 0.15) is 6.33 Å². The SMILES string of the molecule is O=C(O)c1ccc2ncn(-c3ccccc3Br)c2c1. The van der Waals surface area contributed by atoms with Crippen molar-refractivity contribution in [2.75, 3.05) is 0 Å². The maximum absolute atomic E-state index is 11.0. The highest BCUT2D eigenvalue weighted by Crippen LogP contribution is 2.25. The summed E-state index contributed by atoms with van der Waals surface area (Å²) < 4.78 is 2.79. The number of hydrogen-bond acceptors (Lipinski definition) is 2. The largest absolute Gasteiger partial charge is 0.478 e. The van der Waals surface area contributed by atoms with Gasteiger partial charge in [-0.3, -0.25) is 4.57 Å². The topological polar surface area (TPSA) is 55.1 Å². The van der Waals surface area contributed by atoms with Gasteiger partial charge in [-0.15, -0.1) is 0 Å². The van der Waals surface area contributed by atoms with Crippen LogP contribution in [0.2, 0.25) is 0 Å². The fourth-order valence-electron chi connectivity index (χ4n) is 1.98. The van der Waals surface area contributed by atoms with Crippen LogP contribution in [-0.4, -0.2) is 20.6 Å². The fourth-order valence-corrected chi connectivity index (χ4v) is 2.46. The number of hydrogen-bond donors (Lipinski definition) is 1. The van der Waals surface area contributed by atoms with Crippen molar-refractivity contribution in [2.24, 2.45) is 0 Å². The molecule has 0 aliphatic heterocycles. The normalized spacial score (nSPS) is 10.8. The maximum atomic E-state index is 11.0. The Morgan fingerprint density at radius 2 is 2.00 bits per heavy atom. The molecule has 0 atom stereocenters. The Balaban J connectivity index is 2.27. The Morgan fingerprint density at radius 1 is 1.21 bits per heavy atom. The van der Waals surface area contributed by atoms with Gasteiger partial charge in [0, 0.05) is 4.47 Å². The van der Waals surface area contributed by atoms with E-state index in [0.29, 0.717) is 0 Å². The molecular weight excluding hydrogens is 308 g/mol. The minimum absolute atomic E-state index is 0.251. The van der Waals surface area contributed by atoms with Gasteiger partial charge in [-0.05, 0) is 46.3 Å². The van der Waals surface area contributed by atoms with E-state index in [4.69, 9.17) is 5.11 Å². The summed E-state index contributed by atoms with van der Waals surface area (Å²) in [6.45, 7) is 0. The second-order valence-corrected chi connectivity index (χ2v) is 4.93. The molecule has 0 fully saturated rings. The van der Waals surface area contributed by atoms with Crippen LogP contribution in [0.5, 0.6) is 0 Å². The number of carboxylic acid groups (broad SMARTS) is 1. The van der Waals surface area contributed by atoms with Gasteiger partial charge in [-0.1, -0.05) is 12.1 Å². The van der Waals surface area contributed by atoms with E-state index in [1.807, 2.05) is 28.8 Å². The number of para-hydroxylation sites is 1. The van der Waals surface area contributed by atoms with Crippen molar-refractivity contribution in [3.63, 3.8) is 0 Å². The van der Waals surface area contributed by atoms with Crippen LogP contribution >= 0.6 is 15.9 Å². The standard InChI is InChI=1S/C14H9BrN2O2/c15-10-3-1-2-4-12(10)17-8-16-11-6-5-9(14(18)19)7-13(11)17/h1-8H,(H,18,19). The number of aromatic nitrogens is 2. The lowest BCUT2D eigenvalue weighted by Gasteiger charge is -2.06. The Morgan fingerprint density at radius 3 is 2.74 bits per heavy atom. The monoisotopic (exact) mass is 316 g/mol. The summed E-state index contributed by atoms with van der Waals surface area (Å²) in [6.07, 6.45) is 1.69. The first-order valence-electron chi connectivity index (χ1n) is 5.62. The van der Waals surface area contributed by atoms with Gasteiger partial charge in [0.15, 0.2) is 0 Å². The smallest absolute Gasteiger partial charge is 0.335 e. The van der Waals surface area contributed by atoms with E-state index in [2.05, 4.69) is 20.9 Å².